The van der Waals surface area contributed by atoms with Gasteiger partial charge in [-0.25, -0.2) is 0 Å². The summed E-state index contributed by atoms with van der Waals surface area (Å²) in [7, 11) is 0. The lowest BCUT2D eigenvalue weighted by molar-refractivity contribution is 0.451. The van der Waals surface area contributed by atoms with Gasteiger partial charge in [-0.05, 0) is 55.8 Å². The number of thioether (sulfide) groups is 1. The molecule has 0 amide bonds. The van der Waals surface area contributed by atoms with Crippen molar-refractivity contribution in [3.05, 3.63) is 23.8 Å². The average molecular weight is 304 g/mol. The highest BCUT2D eigenvalue weighted by Gasteiger charge is 2.17. The van der Waals surface area contributed by atoms with Crippen LogP contribution in [0.2, 0.25) is 0 Å². The number of benzene rings is 1. The topological polar surface area (TPSA) is 32.3 Å². The van der Waals surface area contributed by atoms with Crippen molar-refractivity contribution < 1.29 is 5.11 Å². The van der Waals surface area contributed by atoms with Crippen LogP contribution in [0.1, 0.15) is 24.3 Å². The monoisotopic (exact) mass is 303 g/mol. The van der Waals surface area contributed by atoms with Gasteiger partial charge < -0.3 is 10.4 Å². The fourth-order valence-electron chi connectivity index (χ4n) is 2.17. The number of hydrogen-bond donors (Lipinski definition) is 2. The van der Waals surface area contributed by atoms with E-state index < -0.39 is 0 Å². The molecule has 90 valence electrons. The standard InChI is InChI=1S/C12H17NOS.BrH/c1-15-12-8-10(14)2-3-11(12)9-4-6-13-7-5-9;/h2-3,8-9,13-14H,4-7H2,1H3;1H. The fraction of sp³-hybridized carbons (Fsp3) is 0.500. The minimum Gasteiger partial charge on any atom is -0.508 e. The Kier molecular flexibility index (Phi) is 5.66. The van der Waals surface area contributed by atoms with Gasteiger partial charge in [0.1, 0.15) is 5.75 Å². The summed E-state index contributed by atoms with van der Waals surface area (Å²) in [5.41, 5.74) is 1.40. The van der Waals surface area contributed by atoms with Crippen LogP contribution in [-0.2, 0) is 0 Å². The second-order valence-electron chi connectivity index (χ2n) is 3.95. The molecule has 0 spiro atoms. The van der Waals surface area contributed by atoms with E-state index in [1.165, 1.54) is 23.3 Å². The van der Waals surface area contributed by atoms with Crippen LogP contribution in [0.25, 0.3) is 0 Å². The maximum Gasteiger partial charge on any atom is 0.116 e. The van der Waals surface area contributed by atoms with E-state index in [9.17, 15) is 5.11 Å². The van der Waals surface area contributed by atoms with Gasteiger partial charge in [0.15, 0.2) is 0 Å². The molecular weight excluding hydrogens is 286 g/mol. The molecule has 16 heavy (non-hydrogen) atoms. The molecule has 0 saturated carbocycles. The van der Waals surface area contributed by atoms with Crippen molar-refractivity contribution in [1.82, 2.24) is 5.32 Å². The largest absolute Gasteiger partial charge is 0.508 e. The van der Waals surface area contributed by atoms with Crippen molar-refractivity contribution in [3.63, 3.8) is 0 Å². The predicted octanol–water partition coefficient (Wildman–Crippen LogP) is 3.16. The molecule has 1 aromatic carbocycles. The number of hydrogen-bond acceptors (Lipinski definition) is 3. The Morgan fingerprint density at radius 2 is 2.00 bits per heavy atom. The number of phenolic OH excluding ortho intramolecular Hbond substituents is 1. The van der Waals surface area contributed by atoms with Crippen LogP contribution in [0.15, 0.2) is 23.1 Å². The van der Waals surface area contributed by atoms with Crippen molar-refractivity contribution in [1.29, 1.82) is 0 Å². The molecular formula is C12H18BrNOS. The highest BCUT2D eigenvalue weighted by molar-refractivity contribution is 8.93. The van der Waals surface area contributed by atoms with Crippen LogP contribution in [0.3, 0.4) is 0 Å². The summed E-state index contributed by atoms with van der Waals surface area (Å²) < 4.78 is 0. The summed E-state index contributed by atoms with van der Waals surface area (Å²) >= 11 is 1.72. The first-order chi connectivity index (χ1) is 7.31. The first-order valence-electron chi connectivity index (χ1n) is 5.39. The zero-order valence-electron chi connectivity index (χ0n) is 9.40. The molecule has 1 saturated heterocycles. The lowest BCUT2D eigenvalue weighted by Gasteiger charge is -2.24. The number of halogens is 1. The number of aromatic hydroxyl groups is 1. The van der Waals surface area contributed by atoms with Crippen molar-refractivity contribution in [2.45, 2.75) is 23.7 Å². The molecule has 1 aromatic rings. The molecule has 0 aliphatic carbocycles. The molecule has 2 N–H and O–H groups in total. The summed E-state index contributed by atoms with van der Waals surface area (Å²) in [5.74, 6) is 1.03. The van der Waals surface area contributed by atoms with Gasteiger partial charge in [0.25, 0.3) is 0 Å². The van der Waals surface area contributed by atoms with Gasteiger partial charge in [-0.15, -0.1) is 28.7 Å². The summed E-state index contributed by atoms with van der Waals surface area (Å²) in [6.07, 6.45) is 4.48. The zero-order valence-corrected chi connectivity index (χ0v) is 11.9. The Morgan fingerprint density at radius 3 is 2.62 bits per heavy atom. The first kappa shape index (κ1) is 13.9. The van der Waals surface area contributed by atoms with Gasteiger partial charge in [0, 0.05) is 4.90 Å². The molecule has 0 radical (unpaired) electrons. The maximum atomic E-state index is 9.44. The van der Waals surface area contributed by atoms with Crippen molar-refractivity contribution >= 4 is 28.7 Å². The van der Waals surface area contributed by atoms with E-state index in [2.05, 4.69) is 17.6 Å². The minimum absolute atomic E-state index is 0. The van der Waals surface area contributed by atoms with Crippen molar-refractivity contribution in [2.24, 2.45) is 0 Å². The molecule has 2 rings (SSSR count). The number of rotatable bonds is 2. The highest BCUT2D eigenvalue weighted by Crippen LogP contribution is 2.34. The lowest BCUT2D eigenvalue weighted by Crippen LogP contribution is -2.26. The second-order valence-corrected chi connectivity index (χ2v) is 4.80. The van der Waals surface area contributed by atoms with Crippen molar-refractivity contribution in [2.75, 3.05) is 19.3 Å². The first-order valence-corrected chi connectivity index (χ1v) is 6.61. The van der Waals surface area contributed by atoms with Gasteiger partial charge in [0.05, 0.1) is 0 Å². The third kappa shape index (κ3) is 3.15. The van der Waals surface area contributed by atoms with E-state index in [0.717, 1.165) is 13.1 Å². The smallest absolute Gasteiger partial charge is 0.116 e. The van der Waals surface area contributed by atoms with E-state index >= 15 is 0 Å². The quantitative estimate of drug-likeness (QED) is 0.823. The van der Waals surface area contributed by atoms with Gasteiger partial charge >= 0.3 is 0 Å². The SMILES string of the molecule is Br.CSc1cc(O)ccc1C1CCNCC1. The Labute approximate surface area is 112 Å². The normalized spacial score (nSPS) is 16.8. The maximum absolute atomic E-state index is 9.44. The van der Waals surface area contributed by atoms with Crippen LogP contribution < -0.4 is 5.32 Å². The summed E-state index contributed by atoms with van der Waals surface area (Å²) in [5, 5.41) is 12.8. The Morgan fingerprint density at radius 1 is 1.31 bits per heavy atom. The molecule has 0 unspecified atom stereocenters. The van der Waals surface area contributed by atoms with Crippen LogP contribution in [0.5, 0.6) is 5.75 Å². The lowest BCUT2D eigenvalue weighted by atomic mass is 9.90. The molecule has 1 aliphatic rings. The van der Waals surface area contributed by atoms with Gasteiger partial charge in [-0.3, -0.25) is 0 Å². The van der Waals surface area contributed by atoms with Gasteiger partial charge in [-0.2, -0.15) is 0 Å². The molecule has 4 heteroatoms. The van der Waals surface area contributed by atoms with Crippen LogP contribution in [0, 0.1) is 0 Å². The van der Waals surface area contributed by atoms with Crippen LogP contribution in [0.4, 0.5) is 0 Å². The van der Waals surface area contributed by atoms with E-state index in [1.807, 2.05) is 6.07 Å². The Bertz CT molecular complexity index is 340. The molecule has 1 heterocycles. The Hall–Kier alpha value is -0.190. The highest BCUT2D eigenvalue weighted by atomic mass is 79.9. The third-order valence-corrected chi connectivity index (χ3v) is 3.79. The van der Waals surface area contributed by atoms with E-state index in [0.29, 0.717) is 11.7 Å². The van der Waals surface area contributed by atoms with Crippen LogP contribution >= 0.6 is 28.7 Å². The number of piperidine rings is 1. The third-order valence-electron chi connectivity index (χ3n) is 3.00. The van der Waals surface area contributed by atoms with Gasteiger partial charge in [-0.1, -0.05) is 6.07 Å². The molecule has 1 aliphatic heterocycles. The minimum atomic E-state index is 0. The molecule has 1 fully saturated rings. The van der Waals surface area contributed by atoms with Crippen molar-refractivity contribution in [3.8, 4) is 5.75 Å². The van der Waals surface area contributed by atoms with E-state index in [1.54, 1.807) is 17.8 Å². The molecule has 2 nitrogen and oxygen atoms in total. The summed E-state index contributed by atoms with van der Waals surface area (Å²) in [6, 6.07) is 5.76. The van der Waals surface area contributed by atoms with Crippen LogP contribution in [-0.4, -0.2) is 24.5 Å². The molecule has 0 aromatic heterocycles. The Balaban J connectivity index is 0.00000128. The van der Waals surface area contributed by atoms with E-state index in [-0.39, 0.29) is 17.0 Å². The average Bonchev–Trinajstić information content (AvgIpc) is 2.30. The van der Waals surface area contributed by atoms with E-state index in [4.69, 9.17) is 0 Å². The zero-order chi connectivity index (χ0) is 10.7. The summed E-state index contributed by atoms with van der Waals surface area (Å²) in [6.45, 7) is 2.22. The number of phenols is 1. The second kappa shape index (κ2) is 6.52. The number of nitrogens with one attached hydrogen (secondary N) is 1. The molecule has 0 atom stereocenters. The fourth-order valence-corrected chi connectivity index (χ4v) is 2.88. The summed E-state index contributed by atoms with van der Waals surface area (Å²) in [4.78, 5) is 1.22. The predicted molar refractivity (Wildman–Crippen MR) is 75.1 cm³/mol. The van der Waals surface area contributed by atoms with Gasteiger partial charge in [0.2, 0.25) is 0 Å². The molecule has 0 bridgehead atoms.